The Labute approximate surface area is 238 Å². The molecule has 12 nitrogen and oxygen atoms in total. The molecule has 0 bridgehead atoms. The summed E-state index contributed by atoms with van der Waals surface area (Å²) < 4.78 is 1.38. The minimum absolute atomic E-state index is 0.214. The lowest BCUT2D eigenvalue weighted by atomic mass is 10.0. The highest BCUT2D eigenvalue weighted by atomic mass is 35.5. The molecule has 204 valence electrons. The van der Waals surface area contributed by atoms with Crippen LogP contribution in [-0.2, 0) is 20.8 Å². The molecule has 0 aliphatic carbocycles. The van der Waals surface area contributed by atoms with Gasteiger partial charge in [0.1, 0.15) is 25.5 Å². The van der Waals surface area contributed by atoms with Crippen molar-refractivity contribution in [1.82, 2.24) is 35.1 Å². The van der Waals surface area contributed by atoms with Crippen LogP contribution in [0.2, 0.25) is 5.02 Å². The molecular weight excluding hydrogens is 546 g/mol. The summed E-state index contributed by atoms with van der Waals surface area (Å²) in [5, 5.41) is 14.5. The average molecular weight is 568 g/mol. The van der Waals surface area contributed by atoms with Gasteiger partial charge in [0.25, 0.3) is 0 Å². The molecule has 0 saturated carbocycles. The first-order valence-electron chi connectivity index (χ1n) is 12.6. The largest absolute Gasteiger partial charge is 0.324 e. The first-order valence-corrected chi connectivity index (χ1v) is 13.0. The summed E-state index contributed by atoms with van der Waals surface area (Å²) in [7, 11) is 0. The van der Waals surface area contributed by atoms with E-state index in [-0.39, 0.29) is 25.4 Å². The standard InChI is InChI=1S/C28H22ClN9O3/c29-19-6-9-23(38-17-32-34-35-38)24(13-19)36-15-27(40)37(16-26(36)39)25(12-18-4-2-1-3-5-18)28(41)33-20-7-8-21-22(14-20)31-11-10-30-21/h1-11,13-14,17,25H,12,15-16H2,(H,33,41). The zero-order valence-corrected chi connectivity index (χ0v) is 22.2. The maximum Gasteiger partial charge on any atom is 0.247 e. The number of carbonyl (C=O) groups excluding carboxylic acids is 3. The van der Waals surface area contributed by atoms with Crippen LogP contribution in [0.4, 0.5) is 11.4 Å². The van der Waals surface area contributed by atoms with Gasteiger partial charge in [0.05, 0.1) is 22.4 Å². The molecule has 1 atom stereocenters. The quantitative estimate of drug-likeness (QED) is 0.317. The predicted octanol–water partition coefficient (Wildman–Crippen LogP) is 2.68. The van der Waals surface area contributed by atoms with Gasteiger partial charge >= 0.3 is 0 Å². The first-order chi connectivity index (χ1) is 20.0. The third-order valence-electron chi connectivity index (χ3n) is 6.73. The molecule has 2 aromatic heterocycles. The van der Waals surface area contributed by atoms with Crippen molar-refractivity contribution in [3.63, 3.8) is 0 Å². The lowest BCUT2D eigenvalue weighted by Gasteiger charge is -2.38. The van der Waals surface area contributed by atoms with Crippen LogP contribution in [0.5, 0.6) is 0 Å². The summed E-state index contributed by atoms with van der Waals surface area (Å²) in [5.74, 6) is -1.20. The molecule has 3 aromatic carbocycles. The summed E-state index contributed by atoms with van der Waals surface area (Å²) in [6.45, 7) is -0.604. The van der Waals surface area contributed by atoms with E-state index in [1.165, 1.54) is 20.8 Å². The van der Waals surface area contributed by atoms with Crippen molar-refractivity contribution in [1.29, 1.82) is 0 Å². The van der Waals surface area contributed by atoms with E-state index in [1.54, 1.807) is 48.8 Å². The van der Waals surface area contributed by atoms with Gasteiger partial charge in [-0.1, -0.05) is 41.9 Å². The monoisotopic (exact) mass is 567 g/mol. The van der Waals surface area contributed by atoms with Gasteiger partial charge in [0, 0.05) is 29.5 Å². The molecule has 0 spiro atoms. The maximum absolute atomic E-state index is 13.7. The molecule has 3 heterocycles. The second-order valence-corrected chi connectivity index (χ2v) is 9.78. The number of nitrogens with one attached hydrogen (secondary N) is 1. The summed E-state index contributed by atoms with van der Waals surface area (Å²) in [6, 6.07) is 18.5. The second-order valence-electron chi connectivity index (χ2n) is 9.34. The van der Waals surface area contributed by atoms with Crippen molar-refractivity contribution in [3.05, 3.63) is 96.0 Å². The fraction of sp³-hybridized carbons (Fsp3) is 0.143. The lowest BCUT2D eigenvalue weighted by Crippen LogP contribution is -2.60. The molecule has 1 unspecified atom stereocenters. The van der Waals surface area contributed by atoms with E-state index in [1.807, 2.05) is 30.3 Å². The fourth-order valence-electron chi connectivity index (χ4n) is 4.76. The minimum Gasteiger partial charge on any atom is -0.324 e. The number of hydrogen-bond acceptors (Lipinski definition) is 8. The number of rotatable bonds is 7. The summed E-state index contributed by atoms with van der Waals surface area (Å²) >= 11 is 6.25. The molecule has 41 heavy (non-hydrogen) atoms. The second kappa shape index (κ2) is 11.1. The Morgan fingerprint density at radius 1 is 0.902 bits per heavy atom. The Balaban J connectivity index is 1.29. The molecule has 3 amide bonds. The molecule has 6 rings (SSSR count). The van der Waals surface area contributed by atoms with Crippen LogP contribution < -0.4 is 10.2 Å². The Morgan fingerprint density at radius 3 is 2.49 bits per heavy atom. The molecule has 13 heteroatoms. The van der Waals surface area contributed by atoms with Crippen molar-refractivity contribution >= 4 is 51.7 Å². The van der Waals surface area contributed by atoms with E-state index in [9.17, 15) is 14.4 Å². The van der Waals surface area contributed by atoms with Crippen LogP contribution in [0, 0.1) is 0 Å². The van der Waals surface area contributed by atoms with Gasteiger partial charge in [-0.2, -0.15) is 4.68 Å². The van der Waals surface area contributed by atoms with Crippen molar-refractivity contribution in [2.45, 2.75) is 12.5 Å². The van der Waals surface area contributed by atoms with Gasteiger partial charge in [0.15, 0.2) is 0 Å². The zero-order chi connectivity index (χ0) is 28.3. The molecule has 1 aliphatic rings. The zero-order valence-electron chi connectivity index (χ0n) is 21.5. The van der Waals surface area contributed by atoms with E-state index in [4.69, 9.17) is 11.6 Å². The van der Waals surface area contributed by atoms with Gasteiger partial charge in [-0.25, -0.2) is 0 Å². The van der Waals surface area contributed by atoms with E-state index in [0.717, 1.165) is 5.56 Å². The fourth-order valence-corrected chi connectivity index (χ4v) is 4.93. The summed E-state index contributed by atoms with van der Waals surface area (Å²) in [6.07, 6.45) is 4.76. The number of fused-ring (bicyclic) bond motifs is 1. The highest BCUT2D eigenvalue weighted by molar-refractivity contribution is 6.31. The number of piperazine rings is 1. The highest BCUT2D eigenvalue weighted by Crippen LogP contribution is 2.30. The lowest BCUT2D eigenvalue weighted by molar-refractivity contribution is -0.143. The van der Waals surface area contributed by atoms with Crippen LogP contribution in [0.25, 0.3) is 16.7 Å². The van der Waals surface area contributed by atoms with E-state index in [2.05, 4.69) is 30.8 Å². The normalized spacial score (nSPS) is 14.4. The average Bonchev–Trinajstić information content (AvgIpc) is 3.52. The molecule has 0 radical (unpaired) electrons. The maximum atomic E-state index is 13.7. The number of nitrogens with zero attached hydrogens (tertiary/aromatic N) is 8. The third kappa shape index (κ3) is 5.45. The molecule has 1 N–H and O–H groups in total. The van der Waals surface area contributed by atoms with E-state index < -0.39 is 17.9 Å². The van der Waals surface area contributed by atoms with E-state index >= 15 is 0 Å². The topological polar surface area (TPSA) is 139 Å². The van der Waals surface area contributed by atoms with Gasteiger partial charge in [-0.3, -0.25) is 29.3 Å². The molecule has 1 aliphatic heterocycles. The number of halogens is 1. The van der Waals surface area contributed by atoms with Crippen molar-refractivity contribution in [2.75, 3.05) is 23.3 Å². The van der Waals surface area contributed by atoms with Crippen LogP contribution in [0.15, 0.2) is 85.5 Å². The number of carbonyl (C=O) groups is 3. The Bertz CT molecular complexity index is 1750. The SMILES string of the molecule is O=C(Nc1ccc2nccnc2c1)C(Cc1ccccc1)N1CC(=O)N(c2cc(Cl)ccc2-n2cnnn2)CC1=O. The number of anilines is 2. The minimum atomic E-state index is -0.952. The van der Waals surface area contributed by atoms with Gasteiger partial charge < -0.3 is 10.2 Å². The van der Waals surface area contributed by atoms with Gasteiger partial charge in [-0.05, 0) is 52.4 Å². The van der Waals surface area contributed by atoms with Crippen molar-refractivity contribution in [2.24, 2.45) is 0 Å². The summed E-state index contributed by atoms with van der Waals surface area (Å²) in [5.41, 5.74) is 3.50. The van der Waals surface area contributed by atoms with Crippen molar-refractivity contribution in [3.8, 4) is 5.69 Å². The predicted molar refractivity (Wildman–Crippen MR) is 150 cm³/mol. The number of benzene rings is 3. The first kappa shape index (κ1) is 26.0. The van der Waals surface area contributed by atoms with Crippen molar-refractivity contribution < 1.29 is 14.4 Å². The third-order valence-corrected chi connectivity index (χ3v) is 6.97. The Hall–Kier alpha value is -5.23. The molecular formula is C28H22ClN9O3. The molecule has 5 aromatic rings. The van der Waals surface area contributed by atoms with Crippen LogP contribution >= 0.6 is 11.6 Å². The Kier molecular flexibility index (Phi) is 7.04. The molecule has 1 saturated heterocycles. The van der Waals surface area contributed by atoms with E-state index in [0.29, 0.717) is 33.1 Å². The number of hydrogen-bond donors (Lipinski definition) is 1. The van der Waals surface area contributed by atoms with Crippen LogP contribution in [0.1, 0.15) is 5.56 Å². The number of aromatic nitrogens is 6. The number of tetrazole rings is 1. The van der Waals surface area contributed by atoms with Crippen LogP contribution in [0.3, 0.4) is 0 Å². The molecule has 1 fully saturated rings. The Morgan fingerprint density at radius 2 is 1.71 bits per heavy atom. The van der Waals surface area contributed by atoms with Gasteiger partial charge in [-0.15, -0.1) is 5.10 Å². The summed E-state index contributed by atoms with van der Waals surface area (Å²) in [4.78, 5) is 52.1. The van der Waals surface area contributed by atoms with Gasteiger partial charge in [0.2, 0.25) is 17.7 Å². The smallest absolute Gasteiger partial charge is 0.247 e. The highest BCUT2D eigenvalue weighted by Gasteiger charge is 2.39. The van der Waals surface area contributed by atoms with Crippen LogP contribution in [-0.4, -0.2) is 71.9 Å². The number of amides is 3.